The number of hydrogen-bond acceptors (Lipinski definition) is 5. The van der Waals surface area contributed by atoms with Crippen molar-refractivity contribution in [1.82, 2.24) is 15.6 Å². The SMILES string of the molecule is CCC(NC(=O)c1cc2c(Oc3ccc(Cl)cc3)cncc2s1)C(=O)NC. The molecule has 0 radical (unpaired) electrons. The highest BCUT2D eigenvalue weighted by atomic mass is 35.5. The molecule has 27 heavy (non-hydrogen) atoms. The van der Waals surface area contributed by atoms with Crippen molar-refractivity contribution in [3.8, 4) is 11.5 Å². The molecule has 6 nitrogen and oxygen atoms in total. The quantitative estimate of drug-likeness (QED) is 0.652. The lowest BCUT2D eigenvalue weighted by atomic mass is 10.2. The second kappa shape index (κ2) is 8.37. The molecule has 1 aromatic carbocycles. The second-order valence-corrected chi connectivity index (χ2v) is 7.28. The third-order valence-electron chi connectivity index (χ3n) is 3.95. The Labute approximate surface area is 165 Å². The summed E-state index contributed by atoms with van der Waals surface area (Å²) in [4.78, 5) is 29.0. The smallest absolute Gasteiger partial charge is 0.262 e. The number of nitrogens with one attached hydrogen (secondary N) is 2. The van der Waals surface area contributed by atoms with Crippen LogP contribution >= 0.6 is 22.9 Å². The van der Waals surface area contributed by atoms with Crippen molar-refractivity contribution in [1.29, 1.82) is 0 Å². The van der Waals surface area contributed by atoms with Gasteiger partial charge in [0.05, 0.1) is 15.8 Å². The van der Waals surface area contributed by atoms with Crippen LogP contribution in [0.5, 0.6) is 11.5 Å². The van der Waals surface area contributed by atoms with Gasteiger partial charge in [-0.2, -0.15) is 0 Å². The number of benzene rings is 1. The van der Waals surface area contributed by atoms with Crippen molar-refractivity contribution < 1.29 is 14.3 Å². The Morgan fingerprint density at radius 1 is 1.26 bits per heavy atom. The number of thiophene rings is 1. The third kappa shape index (κ3) is 4.37. The van der Waals surface area contributed by atoms with Gasteiger partial charge in [-0.05, 0) is 36.8 Å². The normalized spacial score (nSPS) is 11.8. The van der Waals surface area contributed by atoms with E-state index >= 15 is 0 Å². The molecular weight excluding hydrogens is 386 g/mol. The van der Waals surface area contributed by atoms with E-state index in [-0.39, 0.29) is 11.8 Å². The van der Waals surface area contributed by atoms with Gasteiger partial charge in [0.1, 0.15) is 11.8 Å². The summed E-state index contributed by atoms with van der Waals surface area (Å²) in [7, 11) is 1.54. The molecule has 3 aromatic rings. The maximum Gasteiger partial charge on any atom is 0.262 e. The number of rotatable bonds is 6. The van der Waals surface area contributed by atoms with Crippen molar-refractivity contribution in [2.24, 2.45) is 0 Å². The fourth-order valence-electron chi connectivity index (χ4n) is 2.52. The maximum atomic E-state index is 12.6. The van der Waals surface area contributed by atoms with Crippen LogP contribution < -0.4 is 15.4 Å². The molecule has 3 rings (SSSR count). The lowest BCUT2D eigenvalue weighted by Gasteiger charge is -2.14. The summed E-state index contributed by atoms with van der Waals surface area (Å²) in [5.41, 5.74) is 0. The molecule has 2 amide bonds. The van der Waals surface area contributed by atoms with E-state index in [1.807, 2.05) is 6.92 Å². The molecule has 2 N–H and O–H groups in total. The van der Waals surface area contributed by atoms with E-state index < -0.39 is 6.04 Å². The summed E-state index contributed by atoms with van der Waals surface area (Å²) in [6, 6.07) is 8.17. The molecule has 8 heteroatoms. The fourth-order valence-corrected chi connectivity index (χ4v) is 3.59. The minimum Gasteiger partial charge on any atom is -0.455 e. The summed E-state index contributed by atoms with van der Waals surface area (Å²) in [6.07, 6.45) is 3.79. The predicted octanol–water partition coefficient (Wildman–Crippen LogP) is 4.00. The molecule has 0 saturated carbocycles. The molecule has 0 spiro atoms. The van der Waals surface area contributed by atoms with Crippen LogP contribution in [0.2, 0.25) is 5.02 Å². The van der Waals surface area contributed by atoms with Crippen molar-refractivity contribution in [3.05, 3.63) is 52.6 Å². The zero-order valence-corrected chi connectivity index (χ0v) is 16.4. The van der Waals surface area contributed by atoms with Crippen LogP contribution in [0.15, 0.2) is 42.7 Å². The number of nitrogens with zero attached hydrogens (tertiary/aromatic N) is 1. The molecule has 0 fully saturated rings. The minimum atomic E-state index is -0.573. The van der Waals surface area contributed by atoms with Gasteiger partial charge in [-0.1, -0.05) is 18.5 Å². The van der Waals surface area contributed by atoms with Crippen molar-refractivity contribution in [2.45, 2.75) is 19.4 Å². The average molecular weight is 404 g/mol. The Morgan fingerprint density at radius 2 is 2.00 bits per heavy atom. The maximum absolute atomic E-state index is 12.6. The van der Waals surface area contributed by atoms with Crippen LogP contribution in [-0.4, -0.2) is 29.9 Å². The number of fused-ring (bicyclic) bond motifs is 1. The molecule has 0 aliphatic carbocycles. The van der Waals surface area contributed by atoms with Gasteiger partial charge >= 0.3 is 0 Å². The highest BCUT2D eigenvalue weighted by Crippen LogP contribution is 2.34. The van der Waals surface area contributed by atoms with Crippen LogP contribution in [0, 0.1) is 0 Å². The number of carbonyl (C=O) groups is 2. The lowest BCUT2D eigenvalue weighted by Crippen LogP contribution is -2.45. The van der Waals surface area contributed by atoms with Gasteiger partial charge in [-0.15, -0.1) is 11.3 Å². The van der Waals surface area contributed by atoms with E-state index in [1.54, 1.807) is 49.8 Å². The molecule has 0 bridgehead atoms. The van der Waals surface area contributed by atoms with E-state index in [2.05, 4.69) is 15.6 Å². The molecular formula is C19H18ClN3O3S. The first-order chi connectivity index (χ1) is 13.0. The fraction of sp³-hybridized carbons (Fsp3) is 0.211. The molecule has 140 valence electrons. The van der Waals surface area contributed by atoms with Gasteiger partial charge in [0, 0.05) is 23.7 Å². The number of amides is 2. The summed E-state index contributed by atoms with van der Waals surface area (Å²) in [5.74, 6) is 0.643. The van der Waals surface area contributed by atoms with Crippen molar-refractivity contribution in [2.75, 3.05) is 7.05 Å². The van der Waals surface area contributed by atoms with Crippen molar-refractivity contribution >= 4 is 44.8 Å². The Balaban J connectivity index is 1.85. The number of aromatic nitrogens is 1. The molecule has 0 aliphatic heterocycles. The van der Waals surface area contributed by atoms with Crippen molar-refractivity contribution in [3.63, 3.8) is 0 Å². The number of halogens is 1. The summed E-state index contributed by atoms with van der Waals surface area (Å²) < 4.78 is 6.71. The van der Waals surface area contributed by atoms with Gasteiger partial charge in [-0.3, -0.25) is 14.6 Å². The van der Waals surface area contributed by atoms with Gasteiger partial charge in [0.15, 0.2) is 5.75 Å². The number of carbonyl (C=O) groups excluding carboxylic acids is 2. The van der Waals surface area contributed by atoms with Gasteiger partial charge in [0.25, 0.3) is 5.91 Å². The average Bonchev–Trinajstić information content (AvgIpc) is 3.12. The summed E-state index contributed by atoms with van der Waals surface area (Å²) in [5, 5.41) is 6.70. The van der Waals surface area contributed by atoms with E-state index in [0.717, 1.165) is 10.1 Å². The van der Waals surface area contributed by atoms with E-state index in [1.165, 1.54) is 11.3 Å². The number of ether oxygens (including phenoxy) is 1. The first kappa shape index (κ1) is 19.1. The van der Waals surface area contributed by atoms with E-state index in [9.17, 15) is 9.59 Å². The standard InChI is InChI=1S/C19H18ClN3O3S/c1-3-14(18(24)21-2)23-19(25)16-8-13-15(9-22-10-17(13)27-16)26-12-6-4-11(20)5-7-12/h4-10,14H,3H2,1-2H3,(H,21,24)(H,23,25). The molecule has 2 aromatic heterocycles. The number of hydrogen-bond donors (Lipinski definition) is 2. The van der Waals surface area contributed by atoms with Crippen LogP contribution in [0.1, 0.15) is 23.0 Å². The first-order valence-electron chi connectivity index (χ1n) is 8.35. The Bertz CT molecular complexity index is 972. The lowest BCUT2D eigenvalue weighted by molar-refractivity contribution is -0.122. The highest BCUT2D eigenvalue weighted by molar-refractivity contribution is 7.20. The third-order valence-corrected chi connectivity index (χ3v) is 5.27. The second-order valence-electron chi connectivity index (χ2n) is 5.76. The summed E-state index contributed by atoms with van der Waals surface area (Å²) in [6.45, 7) is 1.84. The largest absolute Gasteiger partial charge is 0.455 e. The minimum absolute atomic E-state index is 0.222. The van der Waals surface area contributed by atoms with E-state index in [0.29, 0.717) is 27.8 Å². The molecule has 0 saturated heterocycles. The zero-order chi connectivity index (χ0) is 19.4. The van der Waals surface area contributed by atoms with Gasteiger partial charge in [-0.25, -0.2) is 0 Å². The van der Waals surface area contributed by atoms with E-state index in [4.69, 9.17) is 16.3 Å². The number of likely N-dealkylation sites (N-methyl/N-ethyl adjacent to an activating group) is 1. The Hall–Kier alpha value is -2.64. The number of pyridine rings is 1. The van der Waals surface area contributed by atoms with Crippen LogP contribution in [0.4, 0.5) is 0 Å². The van der Waals surface area contributed by atoms with Gasteiger partial charge in [0.2, 0.25) is 5.91 Å². The molecule has 1 unspecified atom stereocenters. The van der Waals surface area contributed by atoms with Gasteiger partial charge < -0.3 is 15.4 Å². The molecule has 0 aliphatic rings. The predicted molar refractivity (Wildman–Crippen MR) is 107 cm³/mol. The van der Waals surface area contributed by atoms with Crippen LogP contribution in [-0.2, 0) is 4.79 Å². The summed E-state index contributed by atoms with van der Waals surface area (Å²) >= 11 is 7.19. The Morgan fingerprint density at radius 3 is 2.67 bits per heavy atom. The highest BCUT2D eigenvalue weighted by Gasteiger charge is 2.20. The first-order valence-corrected chi connectivity index (χ1v) is 9.54. The topological polar surface area (TPSA) is 80.3 Å². The monoisotopic (exact) mass is 403 g/mol. The molecule has 2 heterocycles. The van der Waals surface area contributed by atoms with Crippen LogP contribution in [0.3, 0.4) is 0 Å². The Kier molecular flexibility index (Phi) is 5.93. The zero-order valence-electron chi connectivity index (χ0n) is 14.8. The molecule has 1 atom stereocenters. The van der Waals surface area contributed by atoms with Crippen LogP contribution in [0.25, 0.3) is 10.1 Å².